The average Bonchev–Trinajstić information content (AvgIpc) is 2.55. The highest BCUT2D eigenvalue weighted by atomic mass is 32.2. The predicted molar refractivity (Wildman–Crippen MR) is 91.7 cm³/mol. The van der Waals surface area contributed by atoms with E-state index >= 15 is 0 Å². The van der Waals surface area contributed by atoms with E-state index < -0.39 is 10.0 Å². The zero-order valence-corrected chi connectivity index (χ0v) is 13.7. The molecule has 23 heavy (non-hydrogen) atoms. The number of ketones is 1. The zero-order chi connectivity index (χ0) is 16.7. The summed E-state index contributed by atoms with van der Waals surface area (Å²) in [4.78, 5) is 11.4. The Hall–Kier alpha value is -2.24. The van der Waals surface area contributed by atoms with Crippen LogP contribution in [0.2, 0.25) is 0 Å². The third-order valence-electron chi connectivity index (χ3n) is 3.26. The molecule has 0 amide bonds. The number of benzene rings is 2. The molecule has 0 heterocycles. The molecule has 2 aromatic rings. The molecule has 2 aromatic carbocycles. The molecule has 2 rings (SSSR count). The van der Waals surface area contributed by atoms with E-state index in [0.717, 1.165) is 5.56 Å². The fourth-order valence-corrected chi connectivity index (χ4v) is 3.12. The lowest BCUT2D eigenvalue weighted by Gasteiger charge is -2.06. The van der Waals surface area contributed by atoms with Crippen molar-refractivity contribution in [1.82, 2.24) is 4.72 Å². The number of Topliss-reactive ketones (excluding diaryl/α,β-unsaturated/α-hetero) is 1. The molecule has 4 nitrogen and oxygen atoms in total. The van der Waals surface area contributed by atoms with Crippen molar-refractivity contribution >= 4 is 21.9 Å². The second kappa shape index (κ2) is 7.85. The van der Waals surface area contributed by atoms with Crippen molar-refractivity contribution in [3.8, 4) is 0 Å². The first-order valence-electron chi connectivity index (χ1n) is 7.31. The van der Waals surface area contributed by atoms with Crippen molar-refractivity contribution in [1.29, 1.82) is 0 Å². The molecule has 0 saturated carbocycles. The quantitative estimate of drug-likeness (QED) is 0.626. The summed E-state index contributed by atoms with van der Waals surface area (Å²) in [6.45, 7) is 1.71. The third-order valence-corrected chi connectivity index (χ3v) is 4.72. The van der Waals surface area contributed by atoms with E-state index in [1.165, 1.54) is 19.1 Å². The molecule has 0 aliphatic rings. The van der Waals surface area contributed by atoms with E-state index in [0.29, 0.717) is 18.5 Å². The smallest absolute Gasteiger partial charge is 0.240 e. The van der Waals surface area contributed by atoms with Crippen LogP contribution in [0.25, 0.3) is 6.08 Å². The van der Waals surface area contributed by atoms with Gasteiger partial charge in [0.05, 0.1) is 4.90 Å². The summed E-state index contributed by atoms with van der Waals surface area (Å²) < 4.78 is 26.9. The maximum absolute atomic E-state index is 12.2. The largest absolute Gasteiger partial charge is 0.295 e. The maximum atomic E-state index is 12.2. The first-order chi connectivity index (χ1) is 11.0. The summed E-state index contributed by atoms with van der Waals surface area (Å²) >= 11 is 0. The number of carbonyl (C=O) groups excluding carboxylic acids is 1. The van der Waals surface area contributed by atoms with E-state index in [4.69, 9.17) is 0 Å². The summed E-state index contributed by atoms with van der Waals surface area (Å²) in [5.74, 6) is -0.159. The van der Waals surface area contributed by atoms with Crippen LogP contribution in [0.1, 0.15) is 29.3 Å². The van der Waals surface area contributed by atoms with Gasteiger partial charge in [-0.15, -0.1) is 0 Å². The molecule has 0 radical (unpaired) electrons. The fourth-order valence-electron chi connectivity index (χ4n) is 2.03. The topological polar surface area (TPSA) is 63.2 Å². The highest BCUT2D eigenvalue weighted by molar-refractivity contribution is 7.89. The van der Waals surface area contributed by atoms with Gasteiger partial charge in [0.15, 0.2) is 5.78 Å². The summed E-state index contributed by atoms with van der Waals surface area (Å²) in [6.07, 6.45) is 4.45. The highest BCUT2D eigenvalue weighted by Gasteiger charge is 2.14. The third kappa shape index (κ3) is 5.16. The van der Waals surface area contributed by atoms with Crippen molar-refractivity contribution in [3.05, 3.63) is 71.8 Å². The van der Waals surface area contributed by atoms with Gasteiger partial charge in [0.2, 0.25) is 10.0 Å². The normalized spacial score (nSPS) is 11.7. The number of hydrogen-bond donors (Lipinski definition) is 1. The standard InChI is InChI=1S/C18H19NO3S/c1-15(20)17-11-7-12-18(14-17)23(21,22)19-13-6-5-10-16-8-3-2-4-9-16/h2-5,7-12,14,19H,6,13H2,1H3/b10-5+. The Bertz CT molecular complexity index is 796. The van der Waals surface area contributed by atoms with Crippen molar-refractivity contribution in [2.45, 2.75) is 18.2 Å². The van der Waals surface area contributed by atoms with Gasteiger partial charge in [-0.05, 0) is 31.0 Å². The van der Waals surface area contributed by atoms with E-state index in [1.807, 2.05) is 42.5 Å². The van der Waals surface area contributed by atoms with Crippen LogP contribution in [-0.4, -0.2) is 20.7 Å². The number of hydrogen-bond acceptors (Lipinski definition) is 3. The fraction of sp³-hybridized carbons (Fsp3) is 0.167. The van der Waals surface area contributed by atoms with Gasteiger partial charge in [-0.1, -0.05) is 54.6 Å². The van der Waals surface area contributed by atoms with Gasteiger partial charge in [-0.2, -0.15) is 0 Å². The van der Waals surface area contributed by atoms with Crippen molar-refractivity contribution in [2.24, 2.45) is 0 Å². The molecule has 0 aromatic heterocycles. The van der Waals surface area contributed by atoms with Crippen LogP contribution < -0.4 is 4.72 Å². The molecule has 0 atom stereocenters. The van der Waals surface area contributed by atoms with Gasteiger partial charge >= 0.3 is 0 Å². The Kier molecular flexibility index (Phi) is 5.84. The molecule has 1 N–H and O–H groups in total. The molecule has 5 heteroatoms. The molecule has 0 unspecified atom stereocenters. The Labute approximate surface area is 136 Å². The van der Waals surface area contributed by atoms with Gasteiger partial charge in [-0.25, -0.2) is 13.1 Å². The molecule has 0 saturated heterocycles. The first-order valence-corrected chi connectivity index (χ1v) is 8.79. The van der Waals surface area contributed by atoms with Gasteiger partial charge in [0.25, 0.3) is 0 Å². The second-order valence-corrected chi connectivity index (χ2v) is 6.85. The molecule has 120 valence electrons. The van der Waals surface area contributed by atoms with E-state index in [-0.39, 0.29) is 10.7 Å². The predicted octanol–water partition coefficient (Wildman–Crippen LogP) is 3.27. The minimum absolute atomic E-state index is 0.109. The molecule has 0 aliphatic carbocycles. The van der Waals surface area contributed by atoms with Crippen molar-refractivity contribution in [2.75, 3.05) is 6.54 Å². The van der Waals surface area contributed by atoms with Crippen LogP contribution in [-0.2, 0) is 10.0 Å². The summed E-state index contributed by atoms with van der Waals surface area (Å²) in [7, 11) is -3.60. The number of rotatable bonds is 7. The lowest BCUT2D eigenvalue weighted by Crippen LogP contribution is -2.24. The Morgan fingerprint density at radius 3 is 2.52 bits per heavy atom. The molecule has 0 spiro atoms. The monoisotopic (exact) mass is 329 g/mol. The van der Waals surface area contributed by atoms with Crippen LogP contribution in [0.5, 0.6) is 0 Å². The maximum Gasteiger partial charge on any atom is 0.240 e. The van der Waals surface area contributed by atoms with Crippen LogP contribution in [0, 0.1) is 0 Å². The molecule has 0 bridgehead atoms. The van der Waals surface area contributed by atoms with E-state index in [1.54, 1.807) is 12.1 Å². The van der Waals surface area contributed by atoms with Gasteiger partial charge in [-0.3, -0.25) is 4.79 Å². The molecule has 0 fully saturated rings. The Morgan fingerprint density at radius 1 is 1.09 bits per heavy atom. The van der Waals surface area contributed by atoms with Gasteiger partial charge in [0.1, 0.15) is 0 Å². The lowest BCUT2D eigenvalue weighted by molar-refractivity contribution is 0.101. The number of sulfonamides is 1. The summed E-state index contributed by atoms with van der Waals surface area (Å²) in [5, 5.41) is 0. The highest BCUT2D eigenvalue weighted by Crippen LogP contribution is 2.12. The molecular formula is C18H19NO3S. The minimum Gasteiger partial charge on any atom is -0.295 e. The number of carbonyl (C=O) groups is 1. The minimum atomic E-state index is -3.60. The number of nitrogens with one attached hydrogen (secondary N) is 1. The van der Waals surface area contributed by atoms with Gasteiger partial charge in [0, 0.05) is 12.1 Å². The van der Waals surface area contributed by atoms with Crippen molar-refractivity contribution < 1.29 is 13.2 Å². The van der Waals surface area contributed by atoms with Crippen LogP contribution in [0.4, 0.5) is 0 Å². The average molecular weight is 329 g/mol. The van der Waals surface area contributed by atoms with Crippen LogP contribution in [0.3, 0.4) is 0 Å². The Morgan fingerprint density at radius 2 is 1.83 bits per heavy atom. The van der Waals surface area contributed by atoms with Crippen molar-refractivity contribution in [3.63, 3.8) is 0 Å². The van der Waals surface area contributed by atoms with Crippen LogP contribution >= 0.6 is 0 Å². The summed E-state index contributed by atoms with van der Waals surface area (Å²) in [5.41, 5.74) is 1.46. The zero-order valence-electron chi connectivity index (χ0n) is 12.9. The van der Waals surface area contributed by atoms with E-state index in [9.17, 15) is 13.2 Å². The lowest BCUT2D eigenvalue weighted by atomic mass is 10.2. The molecular weight excluding hydrogens is 310 g/mol. The van der Waals surface area contributed by atoms with Crippen LogP contribution in [0.15, 0.2) is 65.6 Å². The first kappa shape index (κ1) is 17.1. The SMILES string of the molecule is CC(=O)c1cccc(S(=O)(=O)NCC/C=C/c2ccccc2)c1. The van der Waals surface area contributed by atoms with Gasteiger partial charge < -0.3 is 0 Å². The Balaban J connectivity index is 1.93. The van der Waals surface area contributed by atoms with E-state index in [2.05, 4.69) is 4.72 Å². The summed E-state index contributed by atoms with van der Waals surface area (Å²) in [6, 6.07) is 15.8. The molecule has 0 aliphatic heterocycles. The second-order valence-electron chi connectivity index (χ2n) is 5.08.